The summed E-state index contributed by atoms with van der Waals surface area (Å²) >= 11 is 3.78. The number of hydrogen-bond donors (Lipinski definition) is 5. The van der Waals surface area contributed by atoms with Crippen LogP contribution in [-0.2, 0) is 14.7 Å². The zero-order valence-corrected chi connectivity index (χ0v) is 27.7. The van der Waals surface area contributed by atoms with E-state index in [0.29, 0.717) is 37.3 Å². The van der Waals surface area contributed by atoms with Crippen molar-refractivity contribution in [1.29, 1.82) is 0 Å². The van der Waals surface area contributed by atoms with E-state index in [1.54, 1.807) is 19.1 Å². The van der Waals surface area contributed by atoms with Crippen LogP contribution >= 0.6 is 40.4 Å². The normalized spacial score (nSPS) is 18.8. The number of aromatic nitrogens is 2. The molecule has 2 aliphatic heterocycles. The van der Waals surface area contributed by atoms with Gasteiger partial charge >= 0.3 is 0 Å². The molecule has 9 nitrogen and oxygen atoms in total. The number of anilines is 2. The summed E-state index contributed by atoms with van der Waals surface area (Å²) in [6.45, 7) is 7.91. The van der Waals surface area contributed by atoms with Crippen molar-refractivity contribution < 1.29 is 14.4 Å². The van der Waals surface area contributed by atoms with Gasteiger partial charge < -0.3 is 25.6 Å². The second kappa shape index (κ2) is 22.4. The van der Waals surface area contributed by atoms with Gasteiger partial charge in [-0.1, -0.05) is 38.6 Å². The van der Waals surface area contributed by atoms with E-state index in [9.17, 15) is 4.79 Å². The van der Waals surface area contributed by atoms with E-state index in [-0.39, 0.29) is 5.41 Å². The summed E-state index contributed by atoms with van der Waals surface area (Å²) in [7, 11) is 3.56. The fraction of sp³-hybridized carbons (Fsp3) is 0.808. The van der Waals surface area contributed by atoms with Gasteiger partial charge in [-0.15, -0.1) is 0 Å². The van der Waals surface area contributed by atoms with Crippen molar-refractivity contribution in [3.63, 3.8) is 0 Å². The molecule has 1 aromatic heterocycles. The molecule has 0 amide bonds. The van der Waals surface area contributed by atoms with Crippen molar-refractivity contribution in [3.8, 4) is 0 Å². The number of aliphatic hydroxyl groups excluding tert-OH is 1. The molecule has 3 aliphatic rings. The van der Waals surface area contributed by atoms with E-state index < -0.39 is 0 Å². The summed E-state index contributed by atoms with van der Waals surface area (Å²) < 4.78 is 7.46. The van der Waals surface area contributed by atoms with Gasteiger partial charge in [-0.3, -0.25) is 9.52 Å². The molecule has 1 atom stereocenters. The fourth-order valence-corrected chi connectivity index (χ4v) is 4.84. The third-order valence-electron chi connectivity index (χ3n) is 6.51. The molecule has 2 fully saturated rings. The molecule has 1 unspecified atom stereocenters. The Morgan fingerprint density at radius 1 is 1.21 bits per heavy atom. The lowest BCUT2D eigenvalue weighted by atomic mass is 9.89. The minimum Gasteiger partial charge on any atom is -0.396 e. The van der Waals surface area contributed by atoms with Crippen LogP contribution in [0.5, 0.6) is 0 Å². The molecule has 4 rings (SSSR count). The predicted octanol–water partition coefficient (Wildman–Crippen LogP) is 5.46. The summed E-state index contributed by atoms with van der Waals surface area (Å²) in [6.07, 6.45) is 12.0. The first-order valence-electron chi connectivity index (χ1n) is 14.0. The SMILES string of the molecule is CC.CNSCCCO.COPI.O=C1CCCCCCNc2nc(NC3CCNCC3)ncc2C12CC2. The van der Waals surface area contributed by atoms with E-state index in [1.807, 2.05) is 27.1 Å². The monoisotopic (exact) mass is 684 g/mol. The van der Waals surface area contributed by atoms with Gasteiger partial charge in [0.25, 0.3) is 0 Å². The maximum atomic E-state index is 12.8. The Morgan fingerprint density at radius 3 is 2.50 bits per heavy atom. The molecule has 1 aromatic rings. The van der Waals surface area contributed by atoms with Crippen LogP contribution in [0, 0.1) is 0 Å². The standard InChI is InChI=1S/C19H29N5O.C4H11NOS.C2H6.CH4IOP/c25-16-5-3-1-2-4-10-21-17-15(19(16)8-9-19)13-22-18(24-17)23-14-6-11-20-12-7-14;1-5-7-4-2-3-6;1-2;1-3-4-2/h13-14,20H,1-12H2,(H2,21,22,23,24);5-6H,2-4H2,1H3;1-2H3;4H,1H3. The number of fused-ring (bicyclic) bond motifs is 2. The number of carbonyl (C=O) groups is 1. The van der Waals surface area contributed by atoms with Crippen molar-refractivity contribution >= 4 is 58.0 Å². The van der Waals surface area contributed by atoms with Gasteiger partial charge in [0.1, 0.15) is 11.6 Å². The predicted molar refractivity (Wildman–Crippen MR) is 173 cm³/mol. The highest BCUT2D eigenvalue weighted by Gasteiger charge is 2.52. The maximum absolute atomic E-state index is 12.8. The topological polar surface area (TPSA) is 120 Å². The first kappa shape index (κ1) is 35.7. The zero-order chi connectivity index (χ0) is 28.1. The molecule has 1 saturated heterocycles. The van der Waals surface area contributed by atoms with Gasteiger partial charge in [-0.25, -0.2) is 4.98 Å². The first-order valence-corrected chi connectivity index (χ1v) is 19.0. The third-order valence-corrected chi connectivity index (χ3v) is 8.77. The number of ketones is 1. The second-order valence-electron chi connectivity index (χ2n) is 9.13. The molecule has 3 heterocycles. The lowest BCUT2D eigenvalue weighted by Gasteiger charge is -2.24. The van der Waals surface area contributed by atoms with Crippen LogP contribution in [0.3, 0.4) is 0 Å². The van der Waals surface area contributed by atoms with E-state index in [0.717, 1.165) is 88.1 Å². The molecular formula is C26H50IN6O3PS. The van der Waals surface area contributed by atoms with Crippen LogP contribution in [0.1, 0.15) is 83.6 Å². The van der Waals surface area contributed by atoms with Gasteiger partial charge in [-0.05, 0) is 87.1 Å². The van der Waals surface area contributed by atoms with Crippen molar-refractivity contribution in [2.75, 3.05) is 56.8 Å². The maximum Gasteiger partial charge on any atom is 0.224 e. The smallest absolute Gasteiger partial charge is 0.224 e. The summed E-state index contributed by atoms with van der Waals surface area (Å²) in [4.78, 5) is 22.1. The molecule has 12 heteroatoms. The molecule has 0 bridgehead atoms. The Labute approximate surface area is 249 Å². The number of Topliss-reactive ketones (excluding diaryl/α,β-unsaturated/α-hetero) is 1. The second-order valence-corrected chi connectivity index (χ2v) is 12.1. The molecule has 5 N–H and O–H groups in total. The highest BCUT2D eigenvalue weighted by Crippen LogP contribution is 2.52. The van der Waals surface area contributed by atoms with Gasteiger partial charge in [-0.2, -0.15) is 4.98 Å². The van der Waals surface area contributed by atoms with Crippen molar-refractivity contribution in [2.45, 2.75) is 89.5 Å². The Balaban J connectivity index is 0.000000468. The van der Waals surface area contributed by atoms with E-state index in [4.69, 9.17) is 10.1 Å². The third kappa shape index (κ3) is 13.4. The van der Waals surface area contributed by atoms with Crippen LogP contribution < -0.4 is 20.7 Å². The first-order chi connectivity index (χ1) is 18.6. The quantitative estimate of drug-likeness (QED) is 0.110. The minimum atomic E-state index is -0.306. The molecular weight excluding hydrogens is 634 g/mol. The van der Waals surface area contributed by atoms with E-state index >= 15 is 0 Å². The average molecular weight is 685 g/mol. The van der Waals surface area contributed by atoms with Gasteiger partial charge in [0.2, 0.25) is 5.95 Å². The van der Waals surface area contributed by atoms with Crippen LogP contribution in [0.15, 0.2) is 6.20 Å². The molecule has 0 aromatic carbocycles. The molecule has 1 aliphatic carbocycles. The summed E-state index contributed by atoms with van der Waals surface area (Å²) in [5, 5.41) is 18.6. The molecule has 0 radical (unpaired) electrons. The highest BCUT2D eigenvalue weighted by molar-refractivity contribution is 14.2. The number of halogens is 1. The van der Waals surface area contributed by atoms with Crippen molar-refractivity contribution in [2.24, 2.45) is 0 Å². The molecule has 1 spiro atoms. The number of nitrogens with zero attached hydrogens (tertiary/aromatic N) is 2. The van der Waals surface area contributed by atoms with Crippen LogP contribution in [0.4, 0.5) is 11.8 Å². The van der Waals surface area contributed by atoms with Crippen LogP contribution in [0.2, 0.25) is 0 Å². The number of nitrogens with one attached hydrogen (secondary N) is 4. The lowest BCUT2D eigenvalue weighted by Crippen LogP contribution is -2.35. The van der Waals surface area contributed by atoms with Crippen LogP contribution in [-0.4, -0.2) is 73.1 Å². The molecule has 38 heavy (non-hydrogen) atoms. The van der Waals surface area contributed by atoms with Gasteiger partial charge in [0.15, 0.2) is 0 Å². The molecule has 220 valence electrons. The van der Waals surface area contributed by atoms with Crippen molar-refractivity contribution in [3.05, 3.63) is 11.8 Å². The summed E-state index contributed by atoms with van der Waals surface area (Å²) in [6, 6.07) is 0.429. The number of rotatable bonds is 7. The Kier molecular flexibility index (Phi) is 21.1. The number of piperidine rings is 1. The van der Waals surface area contributed by atoms with E-state index in [1.165, 1.54) is 6.42 Å². The van der Waals surface area contributed by atoms with Gasteiger partial charge in [0, 0.05) is 50.2 Å². The lowest BCUT2D eigenvalue weighted by molar-refractivity contribution is -0.121. The minimum absolute atomic E-state index is 0.300. The zero-order valence-electron chi connectivity index (χ0n) is 23.7. The summed E-state index contributed by atoms with van der Waals surface area (Å²) in [5.74, 6) is 2.95. The van der Waals surface area contributed by atoms with Crippen LogP contribution in [0.25, 0.3) is 0 Å². The molecule has 1 saturated carbocycles. The van der Waals surface area contributed by atoms with Gasteiger partial charge in [0.05, 0.1) is 11.9 Å². The largest absolute Gasteiger partial charge is 0.396 e. The number of hydrogen-bond acceptors (Lipinski definition) is 10. The Bertz CT molecular complexity index is 752. The van der Waals surface area contributed by atoms with Crippen molar-refractivity contribution in [1.82, 2.24) is 20.0 Å². The highest BCUT2D eigenvalue weighted by atomic mass is 127. The fourth-order valence-electron chi connectivity index (χ4n) is 4.36. The Morgan fingerprint density at radius 2 is 1.89 bits per heavy atom. The number of aliphatic hydroxyl groups is 1. The number of carbonyl (C=O) groups excluding carboxylic acids is 1. The Hall–Kier alpha value is -0.300. The van der Waals surface area contributed by atoms with E-state index in [2.05, 4.69) is 52.2 Å². The average Bonchev–Trinajstić information content (AvgIpc) is 3.77. The summed E-state index contributed by atoms with van der Waals surface area (Å²) in [5.41, 5.74) is 0.718.